The van der Waals surface area contributed by atoms with E-state index in [9.17, 15) is 0 Å². The Balaban J connectivity index is 1.73. The van der Waals surface area contributed by atoms with Gasteiger partial charge in [-0.3, -0.25) is 0 Å². The van der Waals surface area contributed by atoms with Crippen molar-refractivity contribution in [2.24, 2.45) is 10.1 Å². The van der Waals surface area contributed by atoms with Crippen molar-refractivity contribution in [3.05, 3.63) is 48.3 Å². The summed E-state index contributed by atoms with van der Waals surface area (Å²) >= 11 is 1.23. The van der Waals surface area contributed by atoms with Crippen molar-refractivity contribution >= 4 is 23.7 Å². The SMILES string of the molecule is NC1=NSNc2cccc(OCCn3cccc3)c21. The molecule has 98 valence electrons. The van der Waals surface area contributed by atoms with Crippen LogP contribution in [0.3, 0.4) is 0 Å². The van der Waals surface area contributed by atoms with Crippen molar-refractivity contribution in [1.82, 2.24) is 4.57 Å². The largest absolute Gasteiger partial charge is 0.491 e. The summed E-state index contributed by atoms with van der Waals surface area (Å²) in [6.07, 6.45) is 4.02. The van der Waals surface area contributed by atoms with Gasteiger partial charge in [-0.1, -0.05) is 6.07 Å². The monoisotopic (exact) mass is 274 g/mol. The van der Waals surface area contributed by atoms with Crippen molar-refractivity contribution < 1.29 is 4.74 Å². The highest BCUT2D eigenvalue weighted by Crippen LogP contribution is 2.32. The van der Waals surface area contributed by atoms with E-state index in [1.54, 1.807) is 0 Å². The molecule has 3 rings (SSSR count). The molecule has 6 heteroatoms. The minimum absolute atomic E-state index is 0.496. The Morgan fingerprint density at radius 3 is 2.95 bits per heavy atom. The van der Waals surface area contributed by atoms with Gasteiger partial charge in [-0.05, 0) is 24.3 Å². The summed E-state index contributed by atoms with van der Waals surface area (Å²) in [5.74, 6) is 1.26. The average molecular weight is 274 g/mol. The number of aromatic nitrogens is 1. The molecule has 0 unspecified atom stereocenters. The van der Waals surface area contributed by atoms with Crippen molar-refractivity contribution in [2.45, 2.75) is 6.54 Å². The molecule has 0 saturated carbocycles. The first-order valence-electron chi connectivity index (χ1n) is 5.97. The first-order chi connectivity index (χ1) is 9.34. The molecule has 3 N–H and O–H groups in total. The molecule has 0 aliphatic carbocycles. The molecule has 1 aromatic carbocycles. The summed E-state index contributed by atoms with van der Waals surface area (Å²) in [5.41, 5.74) is 7.70. The Morgan fingerprint density at radius 1 is 1.26 bits per heavy atom. The fourth-order valence-corrected chi connectivity index (χ4v) is 2.45. The van der Waals surface area contributed by atoms with Crippen LogP contribution < -0.4 is 15.2 Å². The number of amidine groups is 1. The lowest BCUT2D eigenvalue weighted by Crippen LogP contribution is -2.19. The van der Waals surface area contributed by atoms with Crippen molar-refractivity contribution in [3.63, 3.8) is 0 Å². The van der Waals surface area contributed by atoms with Crippen LogP contribution in [0.15, 0.2) is 47.1 Å². The quantitative estimate of drug-likeness (QED) is 0.839. The summed E-state index contributed by atoms with van der Waals surface area (Å²) in [6, 6.07) is 9.81. The summed E-state index contributed by atoms with van der Waals surface area (Å²) < 4.78 is 15.1. The lowest BCUT2D eigenvalue weighted by Gasteiger charge is -2.18. The second-order valence-electron chi connectivity index (χ2n) is 4.12. The summed E-state index contributed by atoms with van der Waals surface area (Å²) in [7, 11) is 0. The zero-order chi connectivity index (χ0) is 13.1. The van der Waals surface area contributed by atoms with Crippen LogP contribution in [0.2, 0.25) is 0 Å². The Hall–Kier alpha value is -2.08. The molecule has 0 radical (unpaired) electrons. The highest BCUT2D eigenvalue weighted by molar-refractivity contribution is 7.99. The van der Waals surface area contributed by atoms with Crippen molar-refractivity contribution in [2.75, 3.05) is 11.3 Å². The molecule has 0 atom stereocenters. The molecular weight excluding hydrogens is 260 g/mol. The van der Waals surface area contributed by atoms with E-state index in [0.717, 1.165) is 23.5 Å². The molecule has 0 fully saturated rings. The van der Waals surface area contributed by atoms with E-state index in [4.69, 9.17) is 10.5 Å². The summed E-state index contributed by atoms with van der Waals surface area (Å²) in [4.78, 5) is 0. The molecule has 0 spiro atoms. The number of nitrogens with zero attached hydrogens (tertiary/aromatic N) is 2. The number of rotatable bonds is 4. The van der Waals surface area contributed by atoms with Crippen LogP contribution in [0.25, 0.3) is 0 Å². The van der Waals surface area contributed by atoms with E-state index < -0.39 is 0 Å². The van der Waals surface area contributed by atoms with Gasteiger partial charge in [-0.2, -0.15) is 4.40 Å². The maximum atomic E-state index is 5.92. The van der Waals surface area contributed by atoms with Gasteiger partial charge in [0.25, 0.3) is 0 Å². The zero-order valence-electron chi connectivity index (χ0n) is 10.2. The summed E-state index contributed by atoms with van der Waals surface area (Å²) in [5, 5.41) is 0. The van der Waals surface area contributed by atoms with Gasteiger partial charge < -0.3 is 19.8 Å². The molecule has 0 amide bonds. The first-order valence-corrected chi connectivity index (χ1v) is 6.74. The third-order valence-corrected chi connectivity index (χ3v) is 3.45. The van der Waals surface area contributed by atoms with Gasteiger partial charge in [-0.25, -0.2) is 0 Å². The van der Waals surface area contributed by atoms with Crippen LogP contribution in [0.5, 0.6) is 5.75 Å². The van der Waals surface area contributed by atoms with Gasteiger partial charge in [0, 0.05) is 12.4 Å². The van der Waals surface area contributed by atoms with Crippen LogP contribution in [-0.2, 0) is 6.54 Å². The Kier molecular flexibility index (Phi) is 3.33. The number of benzene rings is 1. The molecule has 2 aromatic rings. The minimum Gasteiger partial charge on any atom is -0.491 e. The van der Waals surface area contributed by atoms with Crippen LogP contribution in [0, 0.1) is 0 Å². The zero-order valence-corrected chi connectivity index (χ0v) is 11.1. The molecule has 1 aromatic heterocycles. The van der Waals surface area contributed by atoms with Gasteiger partial charge in [0.1, 0.15) is 18.2 Å². The first kappa shape index (κ1) is 12.0. The number of fused-ring (bicyclic) bond motifs is 1. The Bertz CT molecular complexity index is 595. The third kappa shape index (κ3) is 2.53. The fraction of sp³-hybridized carbons (Fsp3) is 0.154. The number of nitrogens with two attached hydrogens (primary N) is 1. The van der Waals surface area contributed by atoms with Crippen LogP contribution in [0.4, 0.5) is 5.69 Å². The topological polar surface area (TPSA) is 64.6 Å². The van der Waals surface area contributed by atoms with Crippen LogP contribution in [0.1, 0.15) is 5.56 Å². The van der Waals surface area contributed by atoms with E-state index >= 15 is 0 Å². The normalized spacial score (nSPS) is 13.4. The van der Waals surface area contributed by atoms with E-state index in [-0.39, 0.29) is 0 Å². The Morgan fingerprint density at radius 2 is 2.11 bits per heavy atom. The van der Waals surface area contributed by atoms with Crippen molar-refractivity contribution in [3.8, 4) is 5.75 Å². The number of nitrogens with one attached hydrogen (secondary N) is 1. The van der Waals surface area contributed by atoms with Gasteiger partial charge in [0.05, 0.1) is 29.9 Å². The Labute approximate surface area is 115 Å². The second-order valence-corrected chi connectivity index (χ2v) is 4.69. The molecule has 0 saturated heterocycles. The minimum atomic E-state index is 0.496. The molecule has 1 aliphatic heterocycles. The standard InChI is InChI=1S/C13H14N4OS/c14-13-12-10(15-19-16-13)4-3-5-11(12)18-9-8-17-6-1-2-7-17/h1-7,15H,8-9H2,(H2,14,16). The number of hydrogen-bond donors (Lipinski definition) is 2. The second kappa shape index (κ2) is 5.27. The lowest BCUT2D eigenvalue weighted by molar-refractivity contribution is 0.298. The number of ether oxygens (including phenoxy) is 1. The van der Waals surface area contributed by atoms with Gasteiger partial charge in [0.2, 0.25) is 0 Å². The van der Waals surface area contributed by atoms with Crippen LogP contribution >= 0.6 is 12.1 Å². The molecule has 5 nitrogen and oxygen atoms in total. The molecule has 0 bridgehead atoms. The van der Waals surface area contributed by atoms with Crippen molar-refractivity contribution in [1.29, 1.82) is 0 Å². The number of hydrogen-bond acceptors (Lipinski definition) is 5. The third-order valence-electron chi connectivity index (χ3n) is 2.86. The maximum Gasteiger partial charge on any atom is 0.146 e. The van der Waals surface area contributed by atoms with E-state index in [1.165, 1.54) is 12.1 Å². The highest BCUT2D eigenvalue weighted by atomic mass is 32.2. The molecule has 1 aliphatic rings. The molecule has 2 heterocycles. The maximum absolute atomic E-state index is 5.92. The van der Waals surface area contributed by atoms with Gasteiger partial charge >= 0.3 is 0 Å². The summed E-state index contributed by atoms with van der Waals surface area (Å²) in [6.45, 7) is 1.39. The predicted octanol–water partition coefficient (Wildman–Crippen LogP) is 2.26. The van der Waals surface area contributed by atoms with Gasteiger partial charge in [0.15, 0.2) is 0 Å². The predicted molar refractivity (Wildman–Crippen MR) is 78.3 cm³/mol. The van der Waals surface area contributed by atoms with E-state index in [0.29, 0.717) is 12.4 Å². The number of anilines is 1. The smallest absolute Gasteiger partial charge is 0.146 e. The van der Waals surface area contributed by atoms with Crippen LogP contribution in [-0.4, -0.2) is 17.0 Å². The molecule has 19 heavy (non-hydrogen) atoms. The fourth-order valence-electron chi connectivity index (χ4n) is 1.95. The van der Waals surface area contributed by atoms with E-state index in [2.05, 4.69) is 13.7 Å². The molecular formula is C13H14N4OS. The average Bonchev–Trinajstić information content (AvgIpc) is 2.92. The lowest BCUT2D eigenvalue weighted by atomic mass is 10.1. The van der Waals surface area contributed by atoms with Gasteiger partial charge in [-0.15, -0.1) is 0 Å². The highest BCUT2D eigenvalue weighted by Gasteiger charge is 2.17. The van der Waals surface area contributed by atoms with E-state index in [1.807, 2.05) is 42.7 Å².